The minimum Gasteiger partial charge on any atom is -0.483 e. The summed E-state index contributed by atoms with van der Waals surface area (Å²) in [6.07, 6.45) is -0.710. The summed E-state index contributed by atoms with van der Waals surface area (Å²) in [5.41, 5.74) is 1.56. The number of halogens is 4. The molecule has 1 fully saturated rings. The molecule has 1 aliphatic heterocycles. The quantitative estimate of drug-likeness (QED) is 0.337. The van der Waals surface area contributed by atoms with Gasteiger partial charge < -0.3 is 15.7 Å². The molecule has 8 nitrogen and oxygen atoms in total. The number of rotatable bonds is 3. The van der Waals surface area contributed by atoms with Gasteiger partial charge in [-0.15, -0.1) is 0 Å². The molecule has 12 heteroatoms. The van der Waals surface area contributed by atoms with Gasteiger partial charge in [-0.1, -0.05) is 17.7 Å². The maximum atomic E-state index is 12.4. The summed E-state index contributed by atoms with van der Waals surface area (Å²) in [4.78, 5) is 30.5. The van der Waals surface area contributed by atoms with Gasteiger partial charge in [0.05, 0.1) is 17.9 Å². The number of alkyl halides is 3. The molecule has 1 aliphatic rings. The van der Waals surface area contributed by atoms with E-state index in [-0.39, 0.29) is 26.2 Å². The van der Waals surface area contributed by atoms with Gasteiger partial charge in [-0.3, -0.25) is 14.6 Å². The summed E-state index contributed by atoms with van der Waals surface area (Å²) in [7, 11) is 0. The molecule has 1 amide bonds. The van der Waals surface area contributed by atoms with Crippen molar-refractivity contribution in [3.8, 4) is 11.3 Å². The fourth-order valence-corrected chi connectivity index (χ4v) is 2.55. The highest BCUT2D eigenvalue weighted by Crippen LogP contribution is 2.28. The van der Waals surface area contributed by atoms with Crippen LogP contribution in [0.15, 0.2) is 55.0 Å². The zero-order valence-electron chi connectivity index (χ0n) is 20.6. The maximum Gasteiger partial charge on any atom is 0.433 e. The summed E-state index contributed by atoms with van der Waals surface area (Å²) in [6, 6.07) is 11.0. The molecule has 2 aromatic heterocycles. The highest BCUT2D eigenvalue weighted by molar-refractivity contribution is 5.72. The number of pyridine rings is 1. The first-order valence-corrected chi connectivity index (χ1v) is 11.1. The third kappa shape index (κ3) is 13.1. The van der Waals surface area contributed by atoms with Crippen LogP contribution in [0.25, 0.3) is 11.3 Å². The van der Waals surface area contributed by atoms with Gasteiger partial charge in [0.25, 0.3) is 6.47 Å². The van der Waals surface area contributed by atoms with Crippen molar-refractivity contribution >= 4 is 12.4 Å². The number of aryl methyl sites for hydroxylation is 1. The molecule has 0 bridgehead atoms. The van der Waals surface area contributed by atoms with E-state index in [2.05, 4.69) is 32.5 Å². The molecule has 1 saturated heterocycles. The summed E-state index contributed by atoms with van der Waals surface area (Å²) < 4.78 is 49.4. The van der Waals surface area contributed by atoms with E-state index in [1.54, 1.807) is 18.2 Å². The maximum absolute atomic E-state index is 12.4. The molecule has 0 aliphatic carbocycles. The highest BCUT2D eigenvalue weighted by atomic mass is 19.4. The first kappa shape index (κ1) is 31.1. The molecule has 1 atom stereocenters. The van der Waals surface area contributed by atoms with E-state index in [0.29, 0.717) is 17.0 Å². The zero-order chi connectivity index (χ0) is 27.8. The number of hydrogen-bond donors (Lipinski definition) is 3. The fraction of sp³-hybridized carbons (Fsp3) is 0.320. The zero-order valence-corrected chi connectivity index (χ0v) is 20.6. The predicted molar refractivity (Wildman–Crippen MR) is 132 cm³/mol. The lowest BCUT2D eigenvalue weighted by Crippen LogP contribution is -2.39. The van der Waals surface area contributed by atoms with Gasteiger partial charge >= 0.3 is 6.18 Å². The van der Waals surface area contributed by atoms with Crippen LogP contribution in [0.2, 0.25) is 0 Å². The Bertz CT molecular complexity index is 1080. The van der Waals surface area contributed by atoms with Crippen molar-refractivity contribution in [2.24, 2.45) is 0 Å². The lowest BCUT2D eigenvalue weighted by atomic mass is 10.1. The Kier molecular flexibility index (Phi) is 13.4. The van der Waals surface area contributed by atoms with Crippen molar-refractivity contribution in [2.45, 2.75) is 46.0 Å². The number of benzene rings is 1. The van der Waals surface area contributed by atoms with Crippen LogP contribution >= 0.6 is 0 Å². The summed E-state index contributed by atoms with van der Waals surface area (Å²) in [6.45, 7) is 6.71. The van der Waals surface area contributed by atoms with Crippen molar-refractivity contribution in [3.63, 3.8) is 0 Å². The molecule has 3 N–H and O–H groups in total. The van der Waals surface area contributed by atoms with Crippen LogP contribution in [0, 0.1) is 12.7 Å². The van der Waals surface area contributed by atoms with Gasteiger partial charge in [0.2, 0.25) is 5.91 Å². The van der Waals surface area contributed by atoms with Crippen LogP contribution in [0.1, 0.15) is 38.6 Å². The van der Waals surface area contributed by atoms with Gasteiger partial charge in [0.1, 0.15) is 17.8 Å². The average molecular weight is 526 g/mol. The standard InChI is InChI=1S/C13H11F3N4O.C7H7F.C4H9N.CH2O2.H2/c1-8(21)17-6-10-4-11(20-7-19-10)9-2-3-12(18-5-9)13(14,15)16;1-6-2-4-7(8)5-3-6;1-4-2-3-5-4;2-1-3;/h2-5,7H,6H2,1H3,(H,17,21);2-5H,1H3;4-5H,2-3H2,1H3;1H,(H,2,3);1H/t;;4-;;/m..1../s1. The van der Waals surface area contributed by atoms with Crippen molar-refractivity contribution in [3.05, 3.63) is 77.8 Å². The Morgan fingerprint density at radius 3 is 2.19 bits per heavy atom. The third-order valence-corrected chi connectivity index (χ3v) is 4.67. The first-order chi connectivity index (χ1) is 17.5. The third-order valence-electron chi connectivity index (χ3n) is 4.67. The largest absolute Gasteiger partial charge is 0.483 e. The minimum atomic E-state index is -4.47. The predicted octanol–water partition coefficient (Wildman–Crippen LogP) is 4.64. The average Bonchev–Trinajstić information content (AvgIpc) is 2.84. The summed E-state index contributed by atoms with van der Waals surface area (Å²) >= 11 is 0. The molecule has 3 heterocycles. The van der Waals surface area contributed by atoms with Crippen molar-refractivity contribution in [2.75, 3.05) is 6.54 Å². The molecule has 0 radical (unpaired) electrons. The number of aromatic nitrogens is 3. The second-order valence-corrected chi connectivity index (χ2v) is 7.78. The Morgan fingerprint density at radius 1 is 1.19 bits per heavy atom. The van der Waals surface area contributed by atoms with Crippen molar-refractivity contribution < 1.29 is 33.7 Å². The van der Waals surface area contributed by atoms with Crippen LogP contribution in [0.5, 0.6) is 0 Å². The van der Waals surface area contributed by atoms with Crippen LogP contribution < -0.4 is 10.6 Å². The number of nitrogens with zero attached hydrogens (tertiary/aromatic N) is 3. The van der Waals surface area contributed by atoms with E-state index in [9.17, 15) is 22.4 Å². The molecule has 0 spiro atoms. The van der Waals surface area contributed by atoms with Gasteiger partial charge in [-0.2, -0.15) is 13.2 Å². The lowest BCUT2D eigenvalue weighted by Gasteiger charge is -2.22. The number of amides is 1. The Labute approximate surface area is 213 Å². The number of carbonyl (C=O) groups excluding carboxylic acids is 1. The highest BCUT2D eigenvalue weighted by Gasteiger charge is 2.32. The fourth-order valence-electron chi connectivity index (χ4n) is 2.55. The van der Waals surface area contributed by atoms with Crippen LogP contribution in [0.4, 0.5) is 17.6 Å². The van der Waals surface area contributed by atoms with Gasteiger partial charge in [-0.05, 0) is 57.1 Å². The molecule has 202 valence electrons. The van der Waals surface area contributed by atoms with E-state index in [1.807, 2.05) is 6.92 Å². The Balaban J connectivity index is 0.000000655. The second kappa shape index (κ2) is 15.9. The van der Waals surface area contributed by atoms with Crippen molar-refractivity contribution in [1.29, 1.82) is 0 Å². The monoisotopic (exact) mass is 525 g/mol. The summed E-state index contributed by atoms with van der Waals surface area (Å²) in [5.74, 6) is -0.373. The lowest BCUT2D eigenvalue weighted by molar-refractivity contribution is -0.141. The van der Waals surface area contributed by atoms with Crippen LogP contribution in [-0.2, 0) is 22.3 Å². The SMILES string of the molecule is CC(=O)NCc1cc(-c2ccc(C(F)(F)F)nc2)ncn1.C[C@@H]1CCN1.Cc1ccc(F)cc1.O=CO.[HH]. The molecule has 0 unspecified atom stereocenters. The van der Waals surface area contributed by atoms with Crippen molar-refractivity contribution in [1.82, 2.24) is 25.6 Å². The van der Waals surface area contributed by atoms with Gasteiger partial charge in [-0.25, -0.2) is 14.4 Å². The van der Waals surface area contributed by atoms with E-state index >= 15 is 0 Å². The molecule has 37 heavy (non-hydrogen) atoms. The number of nitrogens with one attached hydrogen (secondary N) is 2. The molecular weight excluding hydrogens is 494 g/mol. The topological polar surface area (TPSA) is 117 Å². The summed E-state index contributed by atoms with van der Waals surface area (Å²) in [5, 5.41) is 12.7. The molecule has 3 aromatic rings. The smallest absolute Gasteiger partial charge is 0.433 e. The number of hydrogen-bond acceptors (Lipinski definition) is 6. The molecule has 4 rings (SSSR count). The Hall–Kier alpha value is -3.93. The minimum absolute atomic E-state index is 0. The van der Waals surface area contributed by atoms with Crippen LogP contribution in [-0.4, -0.2) is 45.0 Å². The van der Waals surface area contributed by atoms with E-state index in [0.717, 1.165) is 23.9 Å². The first-order valence-electron chi connectivity index (χ1n) is 11.1. The number of carboxylic acid groups (broad SMARTS) is 1. The van der Waals surface area contributed by atoms with Crippen LogP contribution in [0.3, 0.4) is 0 Å². The Morgan fingerprint density at radius 2 is 1.78 bits per heavy atom. The number of carbonyl (C=O) groups is 2. The second-order valence-electron chi connectivity index (χ2n) is 7.78. The van der Waals surface area contributed by atoms with E-state index in [4.69, 9.17) is 9.90 Å². The molecule has 0 saturated carbocycles. The normalized spacial score (nSPS) is 13.6. The molecule has 1 aromatic carbocycles. The van der Waals surface area contributed by atoms with E-state index in [1.165, 1.54) is 44.4 Å². The van der Waals surface area contributed by atoms with Gasteiger partial charge in [0.15, 0.2) is 0 Å². The van der Waals surface area contributed by atoms with E-state index < -0.39 is 11.9 Å². The van der Waals surface area contributed by atoms with Gasteiger partial charge in [0, 0.05) is 26.2 Å². The molecular formula is C25H31F4N5O3.